The number of nitro benzene ring substituents is 1. The standard InChI is InChI=1S/C13H10F3N3O3/c1-2-8-3-4-10(9(7-8)19(20)21)22-12-17-6-5-11(18-12)13(14,15)16/h3-7H,2H2,1H3. The van der Waals surface area contributed by atoms with E-state index in [1.807, 2.05) is 6.92 Å². The molecule has 9 heteroatoms. The smallest absolute Gasteiger partial charge is 0.417 e. The zero-order valence-corrected chi connectivity index (χ0v) is 11.3. The molecule has 2 aromatic rings. The van der Waals surface area contributed by atoms with Gasteiger partial charge in [-0.3, -0.25) is 10.1 Å². The molecule has 0 aliphatic carbocycles. The third-order valence-corrected chi connectivity index (χ3v) is 2.75. The lowest BCUT2D eigenvalue weighted by Gasteiger charge is -2.08. The van der Waals surface area contributed by atoms with Crippen LogP contribution < -0.4 is 4.74 Å². The Morgan fingerprint density at radius 1 is 1.32 bits per heavy atom. The number of alkyl halides is 3. The Morgan fingerprint density at radius 3 is 2.64 bits per heavy atom. The van der Waals surface area contributed by atoms with Gasteiger partial charge >= 0.3 is 17.9 Å². The zero-order chi connectivity index (χ0) is 16.3. The lowest BCUT2D eigenvalue weighted by molar-refractivity contribution is -0.385. The highest BCUT2D eigenvalue weighted by Gasteiger charge is 2.33. The van der Waals surface area contributed by atoms with Crippen LogP contribution in [0.15, 0.2) is 30.5 Å². The van der Waals surface area contributed by atoms with Crippen LogP contribution in [0.2, 0.25) is 0 Å². The quantitative estimate of drug-likeness (QED) is 0.634. The zero-order valence-electron chi connectivity index (χ0n) is 11.3. The summed E-state index contributed by atoms with van der Waals surface area (Å²) in [5.41, 5.74) is -0.852. The van der Waals surface area contributed by atoms with Gasteiger partial charge in [0, 0.05) is 12.3 Å². The third-order valence-electron chi connectivity index (χ3n) is 2.75. The maximum absolute atomic E-state index is 12.6. The van der Waals surface area contributed by atoms with Gasteiger partial charge in [-0.25, -0.2) is 4.98 Å². The first kappa shape index (κ1) is 15.7. The van der Waals surface area contributed by atoms with E-state index < -0.39 is 22.8 Å². The van der Waals surface area contributed by atoms with Gasteiger partial charge in [-0.05, 0) is 24.1 Å². The number of aromatic nitrogens is 2. The molecule has 0 radical (unpaired) electrons. The molecule has 6 nitrogen and oxygen atoms in total. The molecule has 0 bridgehead atoms. The van der Waals surface area contributed by atoms with Crippen LogP contribution in [-0.2, 0) is 12.6 Å². The summed E-state index contributed by atoms with van der Waals surface area (Å²) in [5.74, 6) is -0.221. The van der Waals surface area contributed by atoms with E-state index in [9.17, 15) is 23.3 Å². The van der Waals surface area contributed by atoms with E-state index in [0.717, 1.165) is 6.20 Å². The van der Waals surface area contributed by atoms with Gasteiger partial charge in [0.1, 0.15) is 0 Å². The molecule has 2 rings (SSSR count). The molecular weight excluding hydrogens is 303 g/mol. The molecule has 22 heavy (non-hydrogen) atoms. The molecule has 1 aromatic carbocycles. The normalized spacial score (nSPS) is 11.3. The van der Waals surface area contributed by atoms with Crippen LogP contribution in [0, 0.1) is 10.1 Å². The summed E-state index contributed by atoms with van der Waals surface area (Å²) in [4.78, 5) is 17.1. The second-order valence-electron chi connectivity index (χ2n) is 4.24. The minimum absolute atomic E-state index is 0.221. The van der Waals surface area contributed by atoms with Crippen molar-refractivity contribution in [3.05, 3.63) is 51.8 Å². The average Bonchev–Trinajstić information content (AvgIpc) is 2.47. The highest BCUT2D eigenvalue weighted by molar-refractivity contribution is 5.49. The van der Waals surface area contributed by atoms with Gasteiger partial charge in [-0.15, -0.1) is 0 Å². The second-order valence-corrected chi connectivity index (χ2v) is 4.24. The number of ether oxygens (including phenoxy) is 1. The van der Waals surface area contributed by atoms with Crippen molar-refractivity contribution >= 4 is 5.69 Å². The lowest BCUT2D eigenvalue weighted by Crippen LogP contribution is -2.09. The van der Waals surface area contributed by atoms with E-state index >= 15 is 0 Å². The van der Waals surface area contributed by atoms with Gasteiger partial charge < -0.3 is 4.74 Å². The number of hydrogen-bond acceptors (Lipinski definition) is 5. The van der Waals surface area contributed by atoms with E-state index in [4.69, 9.17) is 4.74 Å². The molecule has 0 aliphatic rings. The van der Waals surface area contributed by atoms with Gasteiger partial charge in [-0.2, -0.15) is 18.2 Å². The number of hydrogen-bond donors (Lipinski definition) is 0. The number of nitro groups is 1. The first-order chi connectivity index (χ1) is 10.3. The number of halogens is 3. The average molecular weight is 313 g/mol. The molecule has 0 saturated heterocycles. The van der Waals surface area contributed by atoms with E-state index in [0.29, 0.717) is 18.1 Å². The first-order valence-electron chi connectivity index (χ1n) is 6.16. The summed E-state index contributed by atoms with van der Waals surface area (Å²) in [6.07, 6.45) is -3.21. The van der Waals surface area contributed by atoms with Crippen molar-refractivity contribution < 1.29 is 22.8 Å². The molecule has 0 amide bonds. The Hall–Kier alpha value is -2.71. The number of benzene rings is 1. The summed E-state index contributed by atoms with van der Waals surface area (Å²) >= 11 is 0. The highest BCUT2D eigenvalue weighted by atomic mass is 19.4. The van der Waals surface area contributed by atoms with Crippen molar-refractivity contribution in [2.75, 3.05) is 0 Å². The van der Waals surface area contributed by atoms with E-state index in [1.165, 1.54) is 12.1 Å². The van der Waals surface area contributed by atoms with E-state index in [2.05, 4.69) is 9.97 Å². The topological polar surface area (TPSA) is 78.2 Å². The molecule has 1 heterocycles. The largest absolute Gasteiger partial charge is 0.433 e. The molecule has 116 valence electrons. The van der Waals surface area contributed by atoms with Crippen molar-refractivity contribution in [2.45, 2.75) is 19.5 Å². The SMILES string of the molecule is CCc1ccc(Oc2nccc(C(F)(F)F)n2)c([N+](=O)[O-])c1. The lowest BCUT2D eigenvalue weighted by atomic mass is 10.1. The first-order valence-corrected chi connectivity index (χ1v) is 6.16. The maximum atomic E-state index is 12.6. The van der Waals surface area contributed by atoms with Crippen LogP contribution in [-0.4, -0.2) is 14.9 Å². The molecule has 1 aromatic heterocycles. The Morgan fingerprint density at radius 2 is 2.05 bits per heavy atom. The second kappa shape index (κ2) is 5.96. The molecule has 0 spiro atoms. The van der Waals surface area contributed by atoms with Gasteiger partial charge in [-0.1, -0.05) is 13.0 Å². The molecule has 0 fully saturated rings. The fourth-order valence-electron chi connectivity index (χ4n) is 1.66. The van der Waals surface area contributed by atoms with Crippen LogP contribution in [0.25, 0.3) is 0 Å². The Balaban J connectivity index is 2.37. The number of nitrogens with zero attached hydrogens (tertiary/aromatic N) is 3. The summed E-state index contributed by atoms with van der Waals surface area (Å²) in [7, 11) is 0. The molecular formula is C13H10F3N3O3. The summed E-state index contributed by atoms with van der Waals surface area (Å²) < 4.78 is 42.7. The van der Waals surface area contributed by atoms with Crippen molar-refractivity contribution in [1.29, 1.82) is 0 Å². The molecule has 0 aliphatic heterocycles. The van der Waals surface area contributed by atoms with Crippen molar-refractivity contribution in [3.8, 4) is 11.8 Å². The fourth-order valence-corrected chi connectivity index (χ4v) is 1.66. The van der Waals surface area contributed by atoms with Crippen molar-refractivity contribution in [2.24, 2.45) is 0 Å². The van der Waals surface area contributed by atoms with Crippen molar-refractivity contribution in [3.63, 3.8) is 0 Å². The predicted octanol–water partition coefficient (Wildman–Crippen LogP) is 3.76. The summed E-state index contributed by atoms with van der Waals surface area (Å²) in [5, 5.41) is 11.0. The Kier molecular flexibility index (Phi) is 4.25. The van der Waals surface area contributed by atoms with Crippen molar-refractivity contribution in [1.82, 2.24) is 9.97 Å². The number of aryl methyl sites for hydroxylation is 1. The minimum Gasteiger partial charge on any atom is -0.417 e. The molecule has 0 unspecified atom stereocenters. The Labute approximate surface area is 122 Å². The van der Waals surface area contributed by atoms with Crippen LogP contribution >= 0.6 is 0 Å². The van der Waals surface area contributed by atoms with E-state index in [1.54, 1.807) is 6.07 Å². The van der Waals surface area contributed by atoms with Crippen LogP contribution in [0.3, 0.4) is 0 Å². The van der Waals surface area contributed by atoms with E-state index in [-0.39, 0.29) is 11.4 Å². The van der Waals surface area contributed by atoms with Gasteiger partial charge in [0.15, 0.2) is 5.69 Å². The summed E-state index contributed by atoms with van der Waals surface area (Å²) in [6.45, 7) is 1.81. The molecule has 0 N–H and O–H groups in total. The molecule has 0 saturated carbocycles. The Bertz CT molecular complexity index is 704. The fraction of sp³-hybridized carbons (Fsp3) is 0.231. The predicted molar refractivity (Wildman–Crippen MR) is 69.6 cm³/mol. The monoisotopic (exact) mass is 313 g/mol. The van der Waals surface area contributed by atoms with Gasteiger partial charge in [0.05, 0.1) is 4.92 Å². The highest BCUT2D eigenvalue weighted by Crippen LogP contribution is 2.32. The van der Waals surface area contributed by atoms with Crippen LogP contribution in [0.1, 0.15) is 18.2 Å². The third kappa shape index (κ3) is 3.48. The minimum atomic E-state index is -4.65. The molecule has 0 atom stereocenters. The van der Waals surface area contributed by atoms with Gasteiger partial charge in [0.2, 0.25) is 5.75 Å². The van der Waals surface area contributed by atoms with Gasteiger partial charge in [0.25, 0.3) is 0 Å². The van der Waals surface area contributed by atoms with Crippen LogP contribution in [0.4, 0.5) is 18.9 Å². The number of rotatable bonds is 4. The maximum Gasteiger partial charge on any atom is 0.433 e. The van der Waals surface area contributed by atoms with Crippen LogP contribution in [0.5, 0.6) is 11.8 Å². The summed E-state index contributed by atoms with van der Waals surface area (Å²) in [6, 6.07) is 4.25.